The van der Waals surface area contributed by atoms with Crippen molar-refractivity contribution in [2.75, 3.05) is 32.4 Å². The second-order valence-corrected chi connectivity index (χ2v) is 11.1. The van der Waals surface area contributed by atoms with Gasteiger partial charge in [0, 0.05) is 37.3 Å². The van der Waals surface area contributed by atoms with Crippen LogP contribution in [0.3, 0.4) is 0 Å². The molecule has 2 N–H and O–H groups in total. The lowest BCUT2D eigenvalue weighted by Gasteiger charge is -2.18. The number of aromatic nitrogens is 4. The Balaban J connectivity index is 1.24. The van der Waals surface area contributed by atoms with Crippen LogP contribution >= 0.6 is 0 Å². The molecule has 10 heteroatoms. The zero-order valence-corrected chi connectivity index (χ0v) is 24.0. The van der Waals surface area contributed by atoms with Crippen LogP contribution in [0.1, 0.15) is 25.3 Å². The summed E-state index contributed by atoms with van der Waals surface area (Å²) in [5.41, 5.74) is 9.68. The molecule has 1 amide bonds. The van der Waals surface area contributed by atoms with E-state index in [4.69, 9.17) is 19.9 Å². The average Bonchev–Trinajstić information content (AvgIpc) is 3.38. The third-order valence-corrected chi connectivity index (χ3v) is 8.23. The molecule has 10 nitrogen and oxygen atoms in total. The highest BCUT2D eigenvalue weighted by Gasteiger charge is 2.34. The zero-order chi connectivity index (χ0) is 29.3. The van der Waals surface area contributed by atoms with Crippen LogP contribution in [0, 0.1) is 0 Å². The summed E-state index contributed by atoms with van der Waals surface area (Å²) in [4.78, 5) is 30.9. The van der Waals surface area contributed by atoms with Gasteiger partial charge in [-0.3, -0.25) is 9.69 Å². The van der Waals surface area contributed by atoms with Crippen LogP contribution in [0.2, 0.25) is 0 Å². The molecular formula is C33H33N7O3. The van der Waals surface area contributed by atoms with E-state index in [1.165, 1.54) is 19.2 Å². The van der Waals surface area contributed by atoms with Gasteiger partial charge < -0.3 is 24.4 Å². The third kappa shape index (κ3) is 5.37. The Bertz CT molecular complexity index is 1760. The fraction of sp³-hybridized carbons (Fsp3) is 0.273. The number of likely N-dealkylation sites (N-methyl/N-ethyl adjacent to an activating group) is 1. The number of hydrogen-bond donors (Lipinski definition) is 1. The summed E-state index contributed by atoms with van der Waals surface area (Å²) in [6.45, 7) is 1.95. The van der Waals surface area contributed by atoms with Crippen molar-refractivity contribution < 1.29 is 13.9 Å². The van der Waals surface area contributed by atoms with Gasteiger partial charge in [-0.25, -0.2) is 15.0 Å². The van der Waals surface area contributed by atoms with Gasteiger partial charge in [0.05, 0.1) is 17.6 Å². The molecule has 0 bridgehead atoms. The molecule has 1 saturated heterocycles. The van der Waals surface area contributed by atoms with Crippen molar-refractivity contribution in [1.29, 1.82) is 0 Å². The molecule has 0 radical (unpaired) electrons. The van der Waals surface area contributed by atoms with E-state index in [1.807, 2.05) is 65.6 Å². The van der Waals surface area contributed by atoms with Crippen LogP contribution < -0.4 is 10.5 Å². The number of amides is 1. The predicted molar refractivity (Wildman–Crippen MR) is 164 cm³/mol. The van der Waals surface area contributed by atoms with E-state index in [-0.39, 0.29) is 11.9 Å². The maximum Gasteiger partial charge on any atom is 0.246 e. The highest BCUT2D eigenvalue weighted by atomic mass is 16.5. The van der Waals surface area contributed by atoms with Crippen LogP contribution in [-0.2, 0) is 4.79 Å². The molecule has 1 aliphatic heterocycles. The minimum absolute atomic E-state index is 0.0178. The van der Waals surface area contributed by atoms with Crippen molar-refractivity contribution in [3.05, 3.63) is 85.5 Å². The molecule has 2 fully saturated rings. The van der Waals surface area contributed by atoms with Crippen LogP contribution in [0.25, 0.3) is 33.7 Å². The van der Waals surface area contributed by atoms with Gasteiger partial charge in [-0.15, -0.1) is 0 Å². The van der Waals surface area contributed by atoms with Crippen molar-refractivity contribution in [2.24, 2.45) is 0 Å². The first-order valence-corrected chi connectivity index (χ1v) is 14.6. The molecule has 218 valence electrons. The molecule has 3 aromatic heterocycles. The Morgan fingerprint density at radius 2 is 1.86 bits per heavy atom. The number of carbonyl (C=O) groups excluding carboxylic acids is 1. The Morgan fingerprint density at radius 1 is 1.07 bits per heavy atom. The lowest BCUT2D eigenvalue weighted by atomic mass is 10.0. The van der Waals surface area contributed by atoms with Gasteiger partial charge in [0.15, 0.2) is 0 Å². The number of fused-ring (bicyclic) bond motifs is 1. The van der Waals surface area contributed by atoms with E-state index in [0.29, 0.717) is 42.2 Å². The number of carbonyl (C=O) groups is 1. The number of ether oxygens (including phenoxy) is 1. The minimum Gasteiger partial charge on any atom is -0.457 e. The van der Waals surface area contributed by atoms with Crippen LogP contribution in [0.5, 0.6) is 11.5 Å². The second-order valence-electron chi connectivity index (χ2n) is 11.1. The molecule has 1 saturated carbocycles. The van der Waals surface area contributed by atoms with Gasteiger partial charge in [-0.1, -0.05) is 36.4 Å². The van der Waals surface area contributed by atoms with E-state index in [1.54, 1.807) is 18.5 Å². The predicted octanol–water partition coefficient (Wildman–Crippen LogP) is 5.55. The van der Waals surface area contributed by atoms with Gasteiger partial charge in [-0.2, -0.15) is 0 Å². The number of para-hydroxylation sites is 1. The maximum absolute atomic E-state index is 13.1. The molecule has 2 aromatic carbocycles. The Hall–Kier alpha value is -4.96. The summed E-state index contributed by atoms with van der Waals surface area (Å²) in [5, 5.41) is 0.722. The zero-order valence-electron chi connectivity index (χ0n) is 24.0. The smallest absolute Gasteiger partial charge is 0.246 e. The van der Waals surface area contributed by atoms with Crippen molar-refractivity contribution in [1.82, 2.24) is 29.3 Å². The van der Waals surface area contributed by atoms with Crippen LogP contribution in [0.15, 0.2) is 90.0 Å². The minimum atomic E-state index is -0.0559. The first-order chi connectivity index (χ1) is 21.1. The molecule has 0 spiro atoms. The molecule has 43 heavy (non-hydrogen) atoms. The number of benzene rings is 2. The quantitative estimate of drug-likeness (QED) is 0.228. The normalized spacial score (nSPS) is 17.0. The number of hydrogen-bond acceptors (Lipinski definition) is 8. The van der Waals surface area contributed by atoms with E-state index in [0.717, 1.165) is 40.9 Å². The first-order valence-electron chi connectivity index (χ1n) is 14.6. The lowest BCUT2D eigenvalue weighted by Crippen LogP contribution is -2.28. The summed E-state index contributed by atoms with van der Waals surface area (Å²) in [6, 6.07) is 18.1. The largest absolute Gasteiger partial charge is 0.457 e. The SMILES string of the molecule is CN(C/C=C/C(=O)N1CCC(n2c(-c3ncco3)c(-c3ccc(Oc4ccccc4)cc3)c3c(N)ncnc32)C1)C1CC1. The number of likely N-dealkylation sites (tertiary alicyclic amines) is 1. The van der Waals surface area contributed by atoms with E-state index >= 15 is 0 Å². The van der Waals surface area contributed by atoms with Gasteiger partial charge in [0.1, 0.15) is 41.2 Å². The second kappa shape index (κ2) is 11.4. The van der Waals surface area contributed by atoms with E-state index in [9.17, 15) is 4.79 Å². The number of oxazole rings is 1. The van der Waals surface area contributed by atoms with Crippen molar-refractivity contribution in [2.45, 2.75) is 31.3 Å². The Labute approximate surface area is 249 Å². The van der Waals surface area contributed by atoms with Gasteiger partial charge in [0.25, 0.3) is 0 Å². The standard InChI is InChI=1S/C33H33N7O3/c1-38(23-11-12-23)17-5-8-27(41)39-18-15-24(20-39)40-30(33-35-16-19-42-33)28(29-31(34)36-21-37-32(29)40)22-9-13-26(14-10-22)43-25-6-3-2-4-7-25/h2-10,13-14,16,19,21,23-24H,11-12,15,17-18,20H2,1H3,(H2,34,36,37)/b8-5+. The van der Waals surface area contributed by atoms with Crippen molar-refractivity contribution in [3.8, 4) is 34.2 Å². The fourth-order valence-corrected chi connectivity index (χ4v) is 5.90. The van der Waals surface area contributed by atoms with Gasteiger partial charge in [0.2, 0.25) is 11.8 Å². The summed E-state index contributed by atoms with van der Waals surface area (Å²) in [6.07, 6.45) is 11.6. The summed E-state index contributed by atoms with van der Waals surface area (Å²) >= 11 is 0. The summed E-state index contributed by atoms with van der Waals surface area (Å²) in [7, 11) is 2.11. The maximum atomic E-state index is 13.1. The third-order valence-electron chi connectivity index (χ3n) is 8.23. The van der Waals surface area contributed by atoms with Gasteiger partial charge in [-0.05, 0) is 56.1 Å². The monoisotopic (exact) mass is 575 g/mol. The molecule has 1 aliphatic carbocycles. The number of anilines is 1. The number of rotatable bonds is 9. The Kier molecular flexibility index (Phi) is 7.12. The first kappa shape index (κ1) is 26.9. The molecule has 1 atom stereocenters. The van der Waals surface area contributed by atoms with Crippen molar-refractivity contribution >= 4 is 22.8 Å². The molecule has 7 rings (SSSR count). The van der Waals surface area contributed by atoms with Crippen LogP contribution in [-0.4, -0.2) is 67.9 Å². The number of nitrogens with zero attached hydrogens (tertiary/aromatic N) is 6. The van der Waals surface area contributed by atoms with E-state index < -0.39 is 0 Å². The fourth-order valence-electron chi connectivity index (χ4n) is 5.90. The summed E-state index contributed by atoms with van der Waals surface area (Å²) in [5.74, 6) is 2.30. The Morgan fingerprint density at radius 3 is 2.60 bits per heavy atom. The molecular weight excluding hydrogens is 542 g/mol. The summed E-state index contributed by atoms with van der Waals surface area (Å²) < 4.78 is 14.0. The number of nitrogen functional groups attached to an aromatic ring is 1. The average molecular weight is 576 g/mol. The van der Waals surface area contributed by atoms with Crippen molar-refractivity contribution in [3.63, 3.8) is 0 Å². The molecule has 1 unspecified atom stereocenters. The molecule has 5 aromatic rings. The molecule has 4 heterocycles. The highest BCUT2D eigenvalue weighted by Crippen LogP contribution is 2.45. The van der Waals surface area contributed by atoms with E-state index in [2.05, 4.69) is 26.5 Å². The topological polar surface area (TPSA) is 116 Å². The van der Waals surface area contributed by atoms with Gasteiger partial charge >= 0.3 is 0 Å². The molecule has 2 aliphatic rings. The number of nitrogens with two attached hydrogens (primary N) is 1. The van der Waals surface area contributed by atoms with Crippen LogP contribution in [0.4, 0.5) is 5.82 Å². The highest BCUT2D eigenvalue weighted by molar-refractivity contribution is 6.07. The lowest BCUT2D eigenvalue weighted by molar-refractivity contribution is -0.125.